The number of aromatic nitrogens is 1. The molecule has 1 amide bonds. The molecule has 0 spiro atoms. The molecule has 3 rings (SSSR count). The minimum absolute atomic E-state index is 0.258. The molecule has 0 aliphatic carbocycles. The Hall–Kier alpha value is -2.60. The summed E-state index contributed by atoms with van der Waals surface area (Å²) in [4.78, 5) is 17.6. The number of fused-ring (bicyclic) bond motifs is 1. The van der Waals surface area contributed by atoms with E-state index in [-0.39, 0.29) is 5.91 Å². The number of rotatable bonds is 5. The zero-order valence-corrected chi connectivity index (χ0v) is 15.3. The first-order valence-corrected chi connectivity index (χ1v) is 8.88. The number of ether oxygens (including phenoxy) is 2. The van der Waals surface area contributed by atoms with Crippen LogP contribution in [0.3, 0.4) is 0 Å². The maximum atomic E-state index is 12.5. The van der Waals surface area contributed by atoms with Gasteiger partial charge in [-0.3, -0.25) is 4.79 Å². The van der Waals surface area contributed by atoms with Crippen molar-refractivity contribution < 1.29 is 14.3 Å². The van der Waals surface area contributed by atoms with Crippen molar-refractivity contribution in [2.75, 3.05) is 14.2 Å². The highest BCUT2D eigenvalue weighted by Gasteiger charge is 2.10. The Balaban J connectivity index is 2.07. The van der Waals surface area contributed by atoms with Crippen LogP contribution in [0, 0.1) is 0 Å². The minimum atomic E-state index is -0.258. The van der Waals surface area contributed by atoms with Crippen molar-refractivity contribution >= 4 is 27.5 Å². The molecule has 0 aliphatic heterocycles. The number of amides is 1. The normalized spacial score (nSPS) is 11.7. The zero-order chi connectivity index (χ0) is 17.8. The third-order valence-corrected chi connectivity index (χ3v) is 4.93. The molecule has 0 aliphatic rings. The number of carbonyl (C=O) groups excluding carboxylic acids is 1. The van der Waals surface area contributed by atoms with E-state index in [2.05, 4.69) is 16.5 Å². The molecule has 25 heavy (non-hydrogen) atoms. The third kappa shape index (κ3) is 3.58. The monoisotopic (exact) mass is 356 g/mol. The Morgan fingerprint density at radius 2 is 1.76 bits per heavy atom. The molecule has 0 radical (unpaired) electrons. The molecule has 0 N–H and O–H groups in total. The van der Waals surface area contributed by atoms with Gasteiger partial charge in [-0.2, -0.15) is 4.99 Å². The van der Waals surface area contributed by atoms with E-state index in [4.69, 9.17) is 9.47 Å². The van der Waals surface area contributed by atoms with Gasteiger partial charge in [-0.15, -0.1) is 0 Å². The predicted molar refractivity (Wildman–Crippen MR) is 99.5 cm³/mol. The molecule has 1 aromatic heterocycles. The maximum absolute atomic E-state index is 12.5. The topological polar surface area (TPSA) is 52.8 Å². The van der Waals surface area contributed by atoms with Gasteiger partial charge in [0.1, 0.15) is 11.5 Å². The lowest BCUT2D eigenvalue weighted by molar-refractivity contribution is 0.0998. The van der Waals surface area contributed by atoms with E-state index >= 15 is 0 Å². The molecule has 2 aromatic carbocycles. The van der Waals surface area contributed by atoms with Crippen LogP contribution >= 0.6 is 11.3 Å². The number of methoxy groups -OCH3 is 2. The van der Waals surface area contributed by atoms with Crippen molar-refractivity contribution in [3.05, 3.63) is 52.8 Å². The standard InChI is InChI=1S/C19H20N2O3S/c1-4-11-21-16-12-15(24-3)9-10-17(16)25-19(21)20-18(22)13-5-7-14(23-2)8-6-13/h5-10,12H,4,11H2,1-3H3. The smallest absolute Gasteiger partial charge is 0.279 e. The van der Waals surface area contributed by atoms with Gasteiger partial charge in [0, 0.05) is 18.2 Å². The quantitative estimate of drug-likeness (QED) is 0.697. The summed E-state index contributed by atoms with van der Waals surface area (Å²) in [5, 5.41) is 0. The van der Waals surface area contributed by atoms with E-state index in [1.165, 1.54) is 11.3 Å². The van der Waals surface area contributed by atoms with Crippen LogP contribution in [0.5, 0.6) is 11.5 Å². The molecule has 0 atom stereocenters. The van der Waals surface area contributed by atoms with E-state index < -0.39 is 0 Å². The molecule has 0 fully saturated rings. The van der Waals surface area contributed by atoms with Gasteiger partial charge >= 0.3 is 0 Å². The molecule has 0 saturated heterocycles. The van der Waals surface area contributed by atoms with Gasteiger partial charge in [0.05, 0.1) is 24.4 Å². The van der Waals surface area contributed by atoms with E-state index in [0.29, 0.717) is 16.1 Å². The van der Waals surface area contributed by atoms with E-state index in [1.807, 2.05) is 18.2 Å². The molecule has 0 unspecified atom stereocenters. The number of nitrogens with zero attached hydrogens (tertiary/aromatic N) is 2. The highest BCUT2D eigenvalue weighted by molar-refractivity contribution is 7.16. The Morgan fingerprint density at radius 3 is 2.40 bits per heavy atom. The SMILES string of the molecule is CCCn1c(=NC(=O)c2ccc(OC)cc2)sc2ccc(OC)cc21. The Labute approximate surface area is 150 Å². The average molecular weight is 356 g/mol. The molecule has 1 heterocycles. The van der Waals surface area contributed by atoms with Crippen molar-refractivity contribution in [1.29, 1.82) is 0 Å². The third-order valence-electron chi connectivity index (χ3n) is 3.87. The van der Waals surface area contributed by atoms with Crippen LogP contribution in [-0.2, 0) is 6.54 Å². The molecular formula is C19H20N2O3S. The summed E-state index contributed by atoms with van der Waals surface area (Å²) < 4.78 is 13.6. The first-order valence-electron chi connectivity index (χ1n) is 8.06. The van der Waals surface area contributed by atoms with Crippen molar-refractivity contribution in [2.24, 2.45) is 4.99 Å². The first-order chi connectivity index (χ1) is 12.2. The number of hydrogen-bond donors (Lipinski definition) is 0. The fourth-order valence-corrected chi connectivity index (χ4v) is 3.62. The Morgan fingerprint density at radius 1 is 1.08 bits per heavy atom. The molecule has 5 nitrogen and oxygen atoms in total. The molecular weight excluding hydrogens is 336 g/mol. The summed E-state index contributed by atoms with van der Waals surface area (Å²) in [6, 6.07) is 12.9. The summed E-state index contributed by atoms with van der Waals surface area (Å²) >= 11 is 1.51. The van der Waals surface area contributed by atoms with Crippen LogP contribution in [0.2, 0.25) is 0 Å². The summed E-state index contributed by atoms with van der Waals surface area (Å²) in [7, 11) is 3.25. The van der Waals surface area contributed by atoms with Gasteiger partial charge < -0.3 is 14.0 Å². The Bertz CT molecular complexity index is 955. The lowest BCUT2D eigenvalue weighted by Gasteiger charge is -2.04. The van der Waals surface area contributed by atoms with Gasteiger partial charge in [-0.25, -0.2) is 0 Å². The second-order valence-electron chi connectivity index (χ2n) is 5.52. The number of hydrogen-bond acceptors (Lipinski definition) is 4. The van der Waals surface area contributed by atoms with Crippen LogP contribution in [0.4, 0.5) is 0 Å². The predicted octanol–water partition coefficient (Wildman–Crippen LogP) is 3.87. The first kappa shape index (κ1) is 17.2. The van der Waals surface area contributed by atoms with Crippen LogP contribution in [0.1, 0.15) is 23.7 Å². The summed E-state index contributed by atoms with van der Waals surface area (Å²) in [6.45, 7) is 2.90. The van der Waals surface area contributed by atoms with Crippen LogP contribution in [0.15, 0.2) is 47.5 Å². The van der Waals surface area contributed by atoms with Crippen molar-refractivity contribution in [3.8, 4) is 11.5 Å². The van der Waals surface area contributed by atoms with Crippen molar-refractivity contribution in [3.63, 3.8) is 0 Å². The van der Waals surface area contributed by atoms with Crippen LogP contribution < -0.4 is 14.3 Å². The minimum Gasteiger partial charge on any atom is -0.497 e. The highest BCUT2D eigenvalue weighted by Crippen LogP contribution is 2.23. The highest BCUT2D eigenvalue weighted by atomic mass is 32.1. The summed E-state index contributed by atoms with van der Waals surface area (Å²) in [6.07, 6.45) is 0.951. The number of carbonyl (C=O) groups is 1. The van der Waals surface area contributed by atoms with Crippen LogP contribution in [0.25, 0.3) is 10.2 Å². The molecule has 3 aromatic rings. The molecule has 0 saturated carbocycles. The molecule has 130 valence electrons. The fraction of sp³-hybridized carbons (Fsp3) is 0.263. The second kappa shape index (κ2) is 7.53. The number of aryl methyl sites for hydroxylation is 1. The number of benzene rings is 2. The van der Waals surface area contributed by atoms with E-state index in [1.54, 1.807) is 38.5 Å². The molecule has 0 bridgehead atoms. The largest absolute Gasteiger partial charge is 0.497 e. The summed E-state index contributed by atoms with van der Waals surface area (Å²) in [5.41, 5.74) is 1.58. The lowest BCUT2D eigenvalue weighted by atomic mass is 10.2. The fourth-order valence-electron chi connectivity index (χ4n) is 2.59. The van der Waals surface area contributed by atoms with Crippen molar-refractivity contribution in [1.82, 2.24) is 4.57 Å². The summed E-state index contributed by atoms with van der Waals surface area (Å²) in [5.74, 6) is 1.25. The van der Waals surface area contributed by atoms with Gasteiger partial charge in [-0.05, 0) is 42.8 Å². The number of thiazole rings is 1. The Kier molecular flexibility index (Phi) is 5.19. The van der Waals surface area contributed by atoms with Crippen LogP contribution in [-0.4, -0.2) is 24.7 Å². The molecule has 6 heteroatoms. The van der Waals surface area contributed by atoms with E-state index in [9.17, 15) is 4.79 Å². The zero-order valence-electron chi connectivity index (χ0n) is 14.5. The lowest BCUT2D eigenvalue weighted by Crippen LogP contribution is -2.16. The van der Waals surface area contributed by atoms with Crippen molar-refractivity contribution in [2.45, 2.75) is 19.9 Å². The van der Waals surface area contributed by atoms with Gasteiger partial charge in [0.15, 0.2) is 4.80 Å². The second-order valence-corrected chi connectivity index (χ2v) is 6.52. The average Bonchev–Trinajstić information content (AvgIpc) is 2.98. The van der Waals surface area contributed by atoms with Gasteiger partial charge in [0.25, 0.3) is 5.91 Å². The maximum Gasteiger partial charge on any atom is 0.279 e. The van der Waals surface area contributed by atoms with Gasteiger partial charge in [-0.1, -0.05) is 18.3 Å². The van der Waals surface area contributed by atoms with Gasteiger partial charge in [0.2, 0.25) is 0 Å². The van der Waals surface area contributed by atoms with E-state index in [0.717, 1.165) is 28.9 Å².